The molecule has 0 bridgehead atoms. The van der Waals surface area contributed by atoms with Crippen molar-refractivity contribution in [2.45, 2.75) is 18.9 Å². The van der Waals surface area contributed by atoms with Gasteiger partial charge in [-0.1, -0.05) is 12.1 Å². The molecule has 1 aromatic carbocycles. The maximum atomic E-state index is 12.7. The van der Waals surface area contributed by atoms with Crippen LogP contribution in [0.15, 0.2) is 24.3 Å². The van der Waals surface area contributed by atoms with Gasteiger partial charge >= 0.3 is 12.3 Å². The van der Waals surface area contributed by atoms with E-state index in [1.165, 1.54) is 12.1 Å². The highest BCUT2D eigenvalue weighted by atomic mass is 19.3. The predicted molar refractivity (Wildman–Crippen MR) is 49.2 cm³/mol. The molecule has 0 radical (unpaired) electrons. The molecule has 0 atom stereocenters. The van der Waals surface area contributed by atoms with Crippen molar-refractivity contribution < 1.29 is 26.7 Å². The Balaban J connectivity index is 2.60. The van der Waals surface area contributed by atoms with Crippen molar-refractivity contribution in [2.75, 3.05) is 0 Å². The molecular formula is C10H8F5NO. The topological polar surface area (TPSA) is 29.1 Å². The Hall–Kier alpha value is -1.66. The Morgan fingerprint density at radius 2 is 2.00 bits per heavy atom. The third-order valence-corrected chi connectivity index (χ3v) is 1.92. The third kappa shape index (κ3) is 3.40. The molecule has 0 aromatic heterocycles. The summed E-state index contributed by atoms with van der Waals surface area (Å²) in [6.45, 7) is -0.446. The Kier molecular flexibility index (Phi) is 4.03. The van der Waals surface area contributed by atoms with E-state index >= 15 is 0 Å². The number of carbonyl (C=O) groups is 1. The highest BCUT2D eigenvalue weighted by molar-refractivity contribution is 5.83. The zero-order valence-electron chi connectivity index (χ0n) is 8.39. The van der Waals surface area contributed by atoms with Crippen LogP contribution in [0.1, 0.15) is 5.56 Å². The van der Waals surface area contributed by atoms with Crippen molar-refractivity contribution >= 4 is 5.91 Å². The van der Waals surface area contributed by atoms with Crippen molar-refractivity contribution in [2.24, 2.45) is 0 Å². The van der Waals surface area contributed by atoms with Crippen LogP contribution in [0.2, 0.25) is 0 Å². The zero-order valence-corrected chi connectivity index (χ0v) is 8.39. The van der Waals surface area contributed by atoms with Gasteiger partial charge in [0.2, 0.25) is 0 Å². The van der Waals surface area contributed by atoms with Crippen molar-refractivity contribution in [1.82, 2.24) is 5.32 Å². The monoisotopic (exact) mass is 253 g/mol. The molecule has 0 unspecified atom stereocenters. The van der Waals surface area contributed by atoms with Crippen LogP contribution in [-0.2, 0) is 11.3 Å². The third-order valence-electron chi connectivity index (χ3n) is 1.92. The van der Waals surface area contributed by atoms with Gasteiger partial charge in [0.25, 0.3) is 5.91 Å². The molecule has 0 fully saturated rings. The number of benzene rings is 1. The number of hydrogen-bond acceptors (Lipinski definition) is 1. The van der Waals surface area contributed by atoms with Gasteiger partial charge in [0.15, 0.2) is 0 Å². The lowest BCUT2D eigenvalue weighted by Crippen LogP contribution is -2.44. The van der Waals surface area contributed by atoms with Crippen LogP contribution in [-0.4, -0.2) is 18.3 Å². The quantitative estimate of drug-likeness (QED) is 0.820. The van der Waals surface area contributed by atoms with Crippen molar-refractivity contribution in [1.29, 1.82) is 0 Å². The first kappa shape index (κ1) is 13.4. The molecular weight excluding hydrogens is 245 g/mol. The van der Waals surface area contributed by atoms with E-state index in [0.29, 0.717) is 0 Å². The van der Waals surface area contributed by atoms with E-state index in [0.717, 1.165) is 12.1 Å². The molecule has 2 nitrogen and oxygen atoms in total. The molecule has 7 heteroatoms. The van der Waals surface area contributed by atoms with E-state index in [4.69, 9.17) is 0 Å². The average Bonchev–Trinajstić information content (AvgIpc) is 2.25. The summed E-state index contributed by atoms with van der Waals surface area (Å²) in [5, 5.41) is 1.61. The van der Waals surface area contributed by atoms with Crippen LogP contribution < -0.4 is 5.32 Å². The molecule has 0 saturated heterocycles. The molecule has 1 aromatic rings. The van der Waals surface area contributed by atoms with E-state index in [2.05, 4.69) is 0 Å². The van der Waals surface area contributed by atoms with Crippen LogP contribution in [0.5, 0.6) is 0 Å². The predicted octanol–water partition coefficient (Wildman–Crippen LogP) is 2.34. The maximum Gasteiger partial charge on any atom is 0.383 e. The van der Waals surface area contributed by atoms with Gasteiger partial charge in [0.05, 0.1) is 0 Å². The Bertz CT molecular complexity index is 407. The minimum atomic E-state index is -4.74. The Labute approximate surface area is 93.4 Å². The molecule has 17 heavy (non-hydrogen) atoms. The summed E-state index contributed by atoms with van der Waals surface area (Å²) < 4.78 is 61.2. The second kappa shape index (κ2) is 5.11. The van der Waals surface area contributed by atoms with Gasteiger partial charge < -0.3 is 5.32 Å². The summed E-state index contributed by atoms with van der Waals surface area (Å²) in [5.41, 5.74) is 0.198. The van der Waals surface area contributed by atoms with Crippen molar-refractivity contribution in [3.63, 3.8) is 0 Å². The average molecular weight is 253 g/mol. The second-order valence-electron chi connectivity index (χ2n) is 3.24. The highest BCUT2D eigenvalue weighted by Crippen LogP contribution is 2.22. The minimum absolute atomic E-state index is 0.198. The second-order valence-corrected chi connectivity index (χ2v) is 3.24. The standard InChI is InChI=1S/C10H8F5NO/c11-7-3-1-2-6(4-7)5-16-9(17)10(14,15)8(12)13/h1-4,8H,5H2,(H,16,17). The summed E-state index contributed by atoms with van der Waals surface area (Å²) in [7, 11) is 0. The molecule has 1 N–H and O–H groups in total. The van der Waals surface area contributed by atoms with Gasteiger partial charge in [-0.15, -0.1) is 0 Å². The van der Waals surface area contributed by atoms with E-state index in [9.17, 15) is 26.7 Å². The highest BCUT2D eigenvalue weighted by Gasteiger charge is 2.48. The van der Waals surface area contributed by atoms with Gasteiger partial charge in [0.1, 0.15) is 5.82 Å². The van der Waals surface area contributed by atoms with E-state index in [-0.39, 0.29) is 5.56 Å². The molecule has 1 amide bonds. The van der Waals surface area contributed by atoms with E-state index in [1.54, 1.807) is 5.32 Å². The summed E-state index contributed by atoms with van der Waals surface area (Å²) >= 11 is 0. The van der Waals surface area contributed by atoms with E-state index in [1.807, 2.05) is 0 Å². The smallest absolute Gasteiger partial charge is 0.347 e. The van der Waals surface area contributed by atoms with E-state index < -0.39 is 30.6 Å². The van der Waals surface area contributed by atoms with Gasteiger partial charge in [-0.2, -0.15) is 8.78 Å². The lowest BCUT2D eigenvalue weighted by Gasteiger charge is -2.14. The molecule has 0 spiro atoms. The van der Waals surface area contributed by atoms with Crippen molar-refractivity contribution in [3.05, 3.63) is 35.6 Å². The van der Waals surface area contributed by atoms with Gasteiger partial charge in [-0.25, -0.2) is 13.2 Å². The fraction of sp³-hybridized carbons (Fsp3) is 0.300. The molecule has 0 aliphatic heterocycles. The van der Waals surface area contributed by atoms with Crippen LogP contribution in [0.4, 0.5) is 22.0 Å². The van der Waals surface area contributed by atoms with Crippen LogP contribution in [0.25, 0.3) is 0 Å². The SMILES string of the molecule is O=C(NCc1cccc(F)c1)C(F)(F)C(F)F. The first-order valence-corrected chi connectivity index (χ1v) is 4.52. The number of amides is 1. The van der Waals surface area contributed by atoms with Crippen molar-refractivity contribution in [3.8, 4) is 0 Å². The van der Waals surface area contributed by atoms with Gasteiger partial charge in [-0.3, -0.25) is 4.79 Å². The molecule has 0 aliphatic carbocycles. The number of hydrogen-bond donors (Lipinski definition) is 1. The van der Waals surface area contributed by atoms with Crippen LogP contribution >= 0.6 is 0 Å². The molecule has 1 rings (SSSR count). The fourth-order valence-corrected chi connectivity index (χ4v) is 1.05. The summed E-state index contributed by atoms with van der Waals surface area (Å²) in [6.07, 6.45) is -4.07. The zero-order chi connectivity index (χ0) is 13.1. The summed E-state index contributed by atoms with van der Waals surface area (Å²) in [4.78, 5) is 10.7. The number of alkyl halides is 4. The Morgan fingerprint density at radius 3 is 2.53 bits per heavy atom. The number of rotatable bonds is 4. The fourth-order valence-electron chi connectivity index (χ4n) is 1.05. The van der Waals surface area contributed by atoms with Crippen LogP contribution in [0.3, 0.4) is 0 Å². The summed E-state index contributed by atoms with van der Waals surface area (Å²) in [6, 6.07) is 4.80. The number of carbonyl (C=O) groups excluding carboxylic acids is 1. The number of nitrogens with one attached hydrogen (secondary N) is 1. The largest absolute Gasteiger partial charge is 0.383 e. The molecule has 94 valence electrons. The lowest BCUT2D eigenvalue weighted by molar-refractivity contribution is -0.169. The minimum Gasteiger partial charge on any atom is -0.347 e. The van der Waals surface area contributed by atoms with Gasteiger partial charge in [-0.05, 0) is 17.7 Å². The van der Waals surface area contributed by atoms with Gasteiger partial charge in [0, 0.05) is 6.54 Å². The lowest BCUT2D eigenvalue weighted by atomic mass is 10.2. The normalized spacial score (nSPS) is 11.6. The first-order valence-electron chi connectivity index (χ1n) is 4.52. The first-order chi connectivity index (χ1) is 7.84. The summed E-state index contributed by atoms with van der Waals surface area (Å²) in [5.74, 6) is -7.44. The Morgan fingerprint density at radius 1 is 1.35 bits per heavy atom. The maximum absolute atomic E-state index is 12.7. The van der Waals surface area contributed by atoms with Crippen LogP contribution in [0, 0.1) is 5.82 Å². The molecule has 0 heterocycles. The molecule has 0 aliphatic rings. The number of halogens is 5. The molecule has 0 saturated carbocycles.